The summed E-state index contributed by atoms with van der Waals surface area (Å²) in [5, 5.41) is 12.3. The van der Waals surface area contributed by atoms with Gasteiger partial charge >= 0.3 is 5.97 Å². The minimum absolute atomic E-state index is 0.0460. The summed E-state index contributed by atoms with van der Waals surface area (Å²) in [4.78, 5) is 12.0. The summed E-state index contributed by atoms with van der Waals surface area (Å²) < 4.78 is 38.9. The summed E-state index contributed by atoms with van der Waals surface area (Å²) in [5.41, 5.74) is 0.276. The Morgan fingerprint density at radius 1 is 0.881 bits per heavy atom. The van der Waals surface area contributed by atoms with Gasteiger partial charge in [-0.2, -0.15) is 9.57 Å². The fourth-order valence-corrected chi connectivity index (χ4v) is 6.28. The highest BCUT2D eigenvalue weighted by Gasteiger charge is 2.25. The lowest BCUT2D eigenvalue weighted by Crippen LogP contribution is -2.33. The summed E-state index contributed by atoms with van der Waals surface area (Å²) in [6.07, 6.45) is 18.4. The number of hydrogen-bond donors (Lipinski definition) is 1. The number of nitrogens with one attached hydrogen (secondary N) is 1. The summed E-state index contributed by atoms with van der Waals surface area (Å²) in [5.74, 6) is -0.500. The predicted octanol–water partition coefficient (Wildman–Crippen LogP) is 8.58. The Morgan fingerprint density at radius 3 is 1.95 bits per heavy atom. The molecular formula is C32H52ClN3O5S. The lowest BCUT2D eigenvalue weighted by atomic mass is 10.0. The van der Waals surface area contributed by atoms with E-state index in [0.717, 1.165) is 31.8 Å². The highest BCUT2D eigenvalue weighted by Crippen LogP contribution is 2.29. The second-order valence-electron chi connectivity index (χ2n) is 10.4. The van der Waals surface area contributed by atoms with Gasteiger partial charge in [0.2, 0.25) is 10.0 Å². The second-order valence-corrected chi connectivity index (χ2v) is 12.7. The van der Waals surface area contributed by atoms with E-state index >= 15 is 0 Å². The SMILES string of the molecule is CCCCCCCCCCCCCCCCN(CCC#N)S(=O)(=O)c1ccc(Cl)c(NC(=CC(=O)OCC)OCC)c1. The van der Waals surface area contributed by atoms with E-state index in [1.807, 2.05) is 0 Å². The molecule has 10 heteroatoms. The first-order valence-electron chi connectivity index (χ1n) is 15.7. The van der Waals surface area contributed by atoms with Crippen LogP contribution in [0.2, 0.25) is 5.02 Å². The number of benzene rings is 1. The number of ether oxygens (including phenoxy) is 2. The maximum absolute atomic E-state index is 13.6. The van der Waals surface area contributed by atoms with Gasteiger partial charge in [-0.15, -0.1) is 0 Å². The second kappa shape index (κ2) is 23.2. The topological polar surface area (TPSA) is 109 Å². The van der Waals surface area contributed by atoms with Crippen LogP contribution in [-0.4, -0.2) is 45.0 Å². The molecule has 0 spiro atoms. The van der Waals surface area contributed by atoms with Gasteiger partial charge in [-0.25, -0.2) is 13.2 Å². The molecule has 1 N–H and O–H groups in total. The van der Waals surface area contributed by atoms with E-state index in [9.17, 15) is 13.2 Å². The summed E-state index contributed by atoms with van der Waals surface area (Å²) in [7, 11) is -3.88. The van der Waals surface area contributed by atoms with Crippen LogP contribution in [0, 0.1) is 11.3 Å². The third-order valence-electron chi connectivity index (χ3n) is 6.90. The standard InChI is InChI=1S/C32H52ClN3O5S/c1-4-7-8-9-10-11-12-13-14-15-16-17-18-19-24-36(25-20-23-34)42(38,39)28-21-22-29(33)30(26-28)35-31(40-5-2)27-32(37)41-6-3/h21-22,26-27,35H,4-20,24-25H2,1-3H3. The molecule has 0 aromatic heterocycles. The van der Waals surface area contributed by atoms with Crippen LogP contribution in [0.3, 0.4) is 0 Å². The molecule has 1 aromatic carbocycles. The Morgan fingerprint density at radius 2 is 1.43 bits per heavy atom. The first-order chi connectivity index (χ1) is 20.3. The molecule has 1 aromatic rings. The number of sulfonamides is 1. The normalized spacial score (nSPS) is 11.9. The van der Waals surface area contributed by atoms with E-state index in [0.29, 0.717) is 6.54 Å². The van der Waals surface area contributed by atoms with Gasteiger partial charge in [0.15, 0.2) is 5.88 Å². The number of nitrogens with zero attached hydrogens (tertiary/aromatic N) is 2. The summed E-state index contributed by atoms with van der Waals surface area (Å²) in [6.45, 7) is 6.65. The minimum atomic E-state index is -3.88. The monoisotopic (exact) mass is 625 g/mol. The molecule has 0 fully saturated rings. The average molecular weight is 626 g/mol. The van der Waals surface area contributed by atoms with E-state index in [1.165, 1.54) is 86.7 Å². The fourth-order valence-electron chi connectivity index (χ4n) is 4.61. The van der Waals surface area contributed by atoms with Crippen molar-refractivity contribution < 1.29 is 22.7 Å². The van der Waals surface area contributed by atoms with Crippen molar-refractivity contribution in [3.8, 4) is 6.07 Å². The van der Waals surface area contributed by atoms with Crippen molar-refractivity contribution in [1.82, 2.24) is 4.31 Å². The molecule has 42 heavy (non-hydrogen) atoms. The van der Waals surface area contributed by atoms with Crippen LogP contribution in [0.15, 0.2) is 35.1 Å². The molecule has 0 radical (unpaired) electrons. The Hall–Kier alpha value is -2.28. The van der Waals surface area contributed by atoms with Gasteiger partial charge in [-0.3, -0.25) is 0 Å². The third kappa shape index (κ3) is 15.8. The van der Waals surface area contributed by atoms with Crippen molar-refractivity contribution >= 4 is 33.3 Å². The van der Waals surface area contributed by atoms with Gasteiger partial charge in [0, 0.05) is 19.5 Å². The molecule has 0 amide bonds. The Labute approximate surface area is 259 Å². The van der Waals surface area contributed by atoms with Crippen molar-refractivity contribution in [3.63, 3.8) is 0 Å². The van der Waals surface area contributed by atoms with Crippen molar-refractivity contribution in [2.75, 3.05) is 31.6 Å². The van der Waals surface area contributed by atoms with Gasteiger partial charge in [0.25, 0.3) is 0 Å². The summed E-state index contributed by atoms with van der Waals surface area (Å²) >= 11 is 6.34. The molecule has 0 heterocycles. The van der Waals surface area contributed by atoms with E-state index < -0.39 is 16.0 Å². The van der Waals surface area contributed by atoms with E-state index in [2.05, 4.69) is 18.3 Å². The lowest BCUT2D eigenvalue weighted by molar-refractivity contribution is -0.137. The zero-order chi connectivity index (χ0) is 31.1. The summed E-state index contributed by atoms with van der Waals surface area (Å²) in [6, 6.07) is 6.41. The highest BCUT2D eigenvalue weighted by molar-refractivity contribution is 7.89. The van der Waals surface area contributed by atoms with Crippen LogP contribution in [-0.2, 0) is 24.3 Å². The molecular weight excluding hydrogens is 574 g/mol. The molecule has 0 unspecified atom stereocenters. The highest BCUT2D eigenvalue weighted by atomic mass is 35.5. The maximum Gasteiger partial charge on any atom is 0.336 e. The Bertz CT molecular complexity index is 1070. The number of halogens is 1. The molecule has 0 atom stereocenters. The van der Waals surface area contributed by atoms with Crippen molar-refractivity contribution in [2.45, 2.75) is 122 Å². The largest absolute Gasteiger partial charge is 0.479 e. The zero-order valence-electron chi connectivity index (χ0n) is 26.0. The lowest BCUT2D eigenvalue weighted by Gasteiger charge is -2.22. The quantitative estimate of drug-likeness (QED) is 0.0501. The number of nitriles is 1. The predicted molar refractivity (Wildman–Crippen MR) is 171 cm³/mol. The van der Waals surface area contributed by atoms with Crippen molar-refractivity contribution in [3.05, 3.63) is 35.2 Å². The van der Waals surface area contributed by atoms with Crippen LogP contribution in [0.4, 0.5) is 5.69 Å². The van der Waals surface area contributed by atoms with Gasteiger partial charge < -0.3 is 14.8 Å². The minimum Gasteiger partial charge on any atom is -0.479 e. The number of unbranched alkanes of at least 4 members (excludes halogenated alkanes) is 13. The number of anilines is 1. The maximum atomic E-state index is 13.6. The number of carbonyl (C=O) groups excluding carboxylic acids is 1. The van der Waals surface area contributed by atoms with Crippen LogP contribution in [0.5, 0.6) is 0 Å². The molecule has 0 aliphatic heterocycles. The number of esters is 1. The molecule has 238 valence electrons. The molecule has 0 aliphatic rings. The van der Waals surface area contributed by atoms with Crippen molar-refractivity contribution in [2.24, 2.45) is 0 Å². The van der Waals surface area contributed by atoms with Crippen LogP contribution in [0.1, 0.15) is 117 Å². The van der Waals surface area contributed by atoms with Crippen molar-refractivity contribution in [1.29, 1.82) is 5.26 Å². The molecule has 1 rings (SSSR count). The Balaban J connectivity index is 2.66. The third-order valence-corrected chi connectivity index (χ3v) is 9.13. The first kappa shape index (κ1) is 37.7. The zero-order valence-corrected chi connectivity index (χ0v) is 27.5. The van der Waals surface area contributed by atoms with Gasteiger partial charge in [0.1, 0.15) is 0 Å². The van der Waals surface area contributed by atoms with E-state index in [-0.39, 0.29) is 47.7 Å². The fraction of sp³-hybridized carbons (Fsp3) is 0.688. The average Bonchev–Trinajstić information content (AvgIpc) is 2.96. The molecule has 0 aliphatic carbocycles. The van der Waals surface area contributed by atoms with Crippen LogP contribution < -0.4 is 5.32 Å². The first-order valence-corrected chi connectivity index (χ1v) is 17.6. The molecule has 0 saturated heterocycles. The number of hydrogen-bond acceptors (Lipinski definition) is 7. The molecule has 8 nitrogen and oxygen atoms in total. The van der Waals surface area contributed by atoms with Crippen LogP contribution >= 0.6 is 11.6 Å². The van der Waals surface area contributed by atoms with Gasteiger partial charge in [0.05, 0.1) is 41.0 Å². The van der Waals surface area contributed by atoms with E-state index in [4.69, 9.17) is 26.3 Å². The van der Waals surface area contributed by atoms with Gasteiger partial charge in [-0.05, 0) is 38.5 Å². The van der Waals surface area contributed by atoms with Crippen LogP contribution in [0.25, 0.3) is 0 Å². The number of carbonyl (C=O) groups is 1. The van der Waals surface area contributed by atoms with E-state index in [1.54, 1.807) is 13.8 Å². The Kier molecular flexibility index (Phi) is 20.9. The molecule has 0 bridgehead atoms. The van der Waals surface area contributed by atoms with Gasteiger partial charge in [-0.1, -0.05) is 102 Å². The number of rotatable bonds is 25. The smallest absolute Gasteiger partial charge is 0.336 e. The molecule has 0 saturated carbocycles.